The van der Waals surface area contributed by atoms with Gasteiger partial charge in [-0.2, -0.15) is 0 Å². The maximum atomic E-state index is 14.6. The average molecular weight is 449 g/mol. The molecule has 1 fully saturated rings. The van der Waals surface area contributed by atoms with Crippen molar-refractivity contribution >= 4 is 38.5 Å². The Hall–Kier alpha value is -2.89. The van der Waals surface area contributed by atoms with E-state index in [1.165, 1.54) is 29.7 Å². The number of rotatable bonds is 4. The van der Waals surface area contributed by atoms with Gasteiger partial charge in [-0.05, 0) is 25.1 Å². The van der Waals surface area contributed by atoms with Gasteiger partial charge >= 0.3 is 6.03 Å². The molecule has 2 amide bonds. The third-order valence-electron chi connectivity index (χ3n) is 5.15. The number of aliphatic hydroxyl groups is 2. The number of nitrogens with one attached hydrogen (secondary N) is 1. The van der Waals surface area contributed by atoms with Crippen LogP contribution in [0.2, 0.25) is 0 Å². The molecule has 2 aromatic heterocycles. The smallest absolute Gasteiger partial charge is 0.323 e. The van der Waals surface area contributed by atoms with E-state index in [4.69, 9.17) is 5.11 Å². The van der Waals surface area contributed by atoms with Gasteiger partial charge in [-0.25, -0.2) is 23.5 Å². The summed E-state index contributed by atoms with van der Waals surface area (Å²) in [6.45, 7) is 2.39. The van der Waals surface area contributed by atoms with Gasteiger partial charge in [0.1, 0.15) is 11.9 Å². The number of aromatic nitrogens is 2. The molecule has 1 aliphatic rings. The van der Waals surface area contributed by atoms with Crippen molar-refractivity contribution in [3.63, 3.8) is 0 Å². The summed E-state index contributed by atoms with van der Waals surface area (Å²) < 4.78 is 28.7. The summed E-state index contributed by atoms with van der Waals surface area (Å²) in [5, 5.41) is 21.8. The van der Waals surface area contributed by atoms with Crippen molar-refractivity contribution in [2.75, 3.05) is 36.5 Å². The number of carbonyl (C=O) groups is 1. The molecule has 0 spiro atoms. The Morgan fingerprint density at radius 3 is 2.87 bits per heavy atom. The molecule has 1 saturated heterocycles. The minimum absolute atomic E-state index is 0.134. The van der Waals surface area contributed by atoms with Crippen LogP contribution in [0.5, 0.6) is 0 Å². The Kier molecular flexibility index (Phi) is 5.99. The van der Waals surface area contributed by atoms with Crippen LogP contribution in [0.4, 0.5) is 24.5 Å². The predicted molar refractivity (Wildman–Crippen MR) is 113 cm³/mol. The molecule has 2 atom stereocenters. The van der Waals surface area contributed by atoms with Crippen LogP contribution < -0.4 is 10.2 Å². The molecular weight excluding hydrogens is 428 g/mol. The zero-order valence-electron chi connectivity index (χ0n) is 16.6. The Labute approximate surface area is 180 Å². The Bertz CT molecular complexity index is 1110. The Morgan fingerprint density at radius 2 is 2.16 bits per heavy atom. The molecule has 164 valence electrons. The number of nitrogens with zero attached hydrogens (tertiary/aromatic N) is 4. The number of benzene rings is 1. The lowest BCUT2D eigenvalue weighted by Crippen LogP contribution is -2.55. The predicted octanol–water partition coefficient (Wildman–Crippen LogP) is 2.74. The van der Waals surface area contributed by atoms with Crippen molar-refractivity contribution in [3.05, 3.63) is 47.7 Å². The third kappa shape index (κ3) is 4.43. The molecule has 8 nitrogen and oxygen atoms in total. The van der Waals surface area contributed by atoms with Crippen molar-refractivity contribution in [1.29, 1.82) is 0 Å². The largest absolute Gasteiger partial charge is 0.393 e. The van der Waals surface area contributed by atoms with Crippen LogP contribution in [0.1, 0.15) is 18.6 Å². The highest BCUT2D eigenvalue weighted by atomic mass is 32.1. The average Bonchev–Trinajstić information content (AvgIpc) is 3.14. The number of hydrogen-bond donors (Lipinski definition) is 3. The zero-order valence-corrected chi connectivity index (χ0v) is 17.4. The van der Waals surface area contributed by atoms with Crippen LogP contribution in [-0.4, -0.2) is 63.4 Å². The number of hydrogen-bond acceptors (Lipinski definition) is 7. The van der Waals surface area contributed by atoms with Crippen LogP contribution in [0.25, 0.3) is 10.2 Å². The van der Waals surface area contributed by atoms with Gasteiger partial charge in [0.25, 0.3) is 0 Å². The molecule has 31 heavy (non-hydrogen) atoms. The first-order valence-corrected chi connectivity index (χ1v) is 10.5. The molecule has 3 heterocycles. The van der Waals surface area contributed by atoms with Crippen molar-refractivity contribution in [2.24, 2.45) is 0 Å². The number of carbonyl (C=O) groups excluding carboxylic acids is 1. The second-order valence-electron chi connectivity index (χ2n) is 7.32. The minimum Gasteiger partial charge on any atom is -0.393 e. The summed E-state index contributed by atoms with van der Waals surface area (Å²) in [5.41, 5.74) is 0.680. The monoisotopic (exact) mass is 449 g/mol. The maximum Gasteiger partial charge on any atom is 0.323 e. The van der Waals surface area contributed by atoms with Gasteiger partial charge in [-0.3, -0.25) is 5.32 Å². The summed E-state index contributed by atoms with van der Waals surface area (Å²) in [5.74, 6) is -0.855. The van der Waals surface area contributed by atoms with E-state index in [0.717, 1.165) is 10.8 Å². The topological polar surface area (TPSA) is 102 Å². The number of anilines is 2. The van der Waals surface area contributed by atoms with Gasteiger partial charge in [-0.1, -0.05) is 11.3 Å². The lowest BCUT2D eigenvalue weighted by atomic mass is 10.1. The summed E-state index contributed by atoms with van der Waals surface area (Å²) in [6.07, 6.45) is 0.147. The molecule has 0 aliphatic carbocycles. The number of thiazole rings is 1. The number of fused-ring (bicyclic) bond motifs is 1. The second-order valence-corrected chi connectivity index (χ2v) is 8.35. The lowest BCUT2D eigenvalue weighted by molar-refractivity contribution is 0.0951. The summed E-state index contributed by atoms with van der Waals surface area (Å²) in [4.78, 5) is 24.4. The number of aliphatic hydroxyl groups excluding tert-OH is 2. The number of pyridine rings is 1. The number of piperazine rings is 1. The first-order chi connectivity index (χ1) is 14.9. The highest BCUT2D eigenvalue weighted by Crippen LogP contribution is 2.28. The minimum atomic E-state index is -1.19. The molecule has 1 aliphatic heterocycles. The first kappa shape index (κ1) is 21.3. The van der Waals surface area contributed by atoms with E-state index in [0.29, 0.717) is 30.3 Å². The van der Waals surface area contributed by atoms with Crippen molar-refractivity contribution in [1.82, 2.24) is 14.9 Å². The van der Waals surface area contributed by atoms with Crippen molar-refractivity contribution in [2.45, 2.75) is 19.1 Å². The van der Waals surface area contributed by atoms with E-state index in [9.17, 15) is 18.7 Å². The second kappa shape index (κ2) is 8.69. The van der Waals surface area contributed by atoms with Gasteiger partial charge in [0.05, 0.1) is 16.8 Å². The van der Waals surface area contributed by atoms with E-state index in [1.54, 1.807) is 15.9 Å². The van der Waals surface area contributed by atoms with E-state index in [1.807, 2.05) is 6.92 Å². The molecule has 1 aromatic carbocycles. The highest BCUT2D eigenvalue weighted by molar-refractivity contribution is 7.22. The van der Waals surface area contributed by atoms with Crippen LogP contribution >= 0.6 is 11.3 Å². The standard InChI is InChI=1S/C20H21F2N5O3S/c1-11-9-26(20(30)25-19-24-15-7-13(21)2-3-17(15)31-19)4-5-27(11)18-14(22)6-12(8-23-18)16(29)10-28/h2-3,6-8,11,16,28-29H,4-5,9-10H2,1H3,(H,24,25,30)/t11-,16+/m1/s1. The molecule has 4 rings (SSSR count). The van der Waals surface area contributed by atoms with Crippen LogP contribution in [0, 0.1) is 11.6 Å². The molecule has 0 radical (unpaired) electrons. The fourth-order valence-corrected chi connectivity index (χ4v) is 4.36. The molecule has 3 N–H and O–H groups in total. The zero-order chi connectivity index (χ0) is 22.1. The normalized spacial score (nSPS) is 17.8. The summed E-state index contributed by atoms with van der Waals surface area (Å²) in [7, 11) is 0. The van der Waals surface area contributed by atoms with Gasteiger partial charge < -0.3 is 20.0 Å². The third-order valence-corrected chi connectivity index (χ3v) is 6.10. The fourth-order valence-electron chi connectivity index (χ4n) is 3.53. The number of urea groups is 1. The quantitative estimate of drug-likeness (QED) is 0.566. The molecule has 0 unspecified atom stereocenters. The lowest BCUT2D eigenvalue weighted by Gasteiger charge is -2.40. The first-order valence-electron chi connectivity index (χ1n) is 9.68. The van der Waals surface area contributed by atoms with E-state index < -0.39 is 18.5 Å². The van der Waals surface area contributed by atoms with Gasteiger partial charge in [0.2, 0.25) is 0 Å². The fraction of sp³-hybridized carbons (Fsp3) is 0.350. The van der Waals surface area contributed by atoms with Crippen molar-refractivity contribution < 1.29 is 23.8 Å². The summed E-state index contributed by atoms with van der Waals surface area (Å²) >= 11 is 1.26. The number of halogens is 2. The molecule has 0 bridgehead atoms. The van der Waals surface area contributed by atoms with E-state index >= 15 is 0 Å². The highest BCUT2D eigenvalue weighted by Gasteiger charge is 2.30. The molecule has 11 heteroatoms. The van der Waals surface area contributed by atoms with Gasteiger partial charge in [-0.15, -0.1) is 0 Å². The number of amides is 2. The molecular formula is C20H21F2N5O3S. The van der Waals surface area contributed by atoms with E-state index in [-0.39, 0.29) is 29.3 Å². The maximum absolute atomic E-state index is 14.6. The molecule has 0 saturated carbocycles. The summed E-state index contributed by atoms with van der Waals surface area (Å²) in [6, 6.07) is 4.89. The van der Waals surface area contributed by atoms with E-state index in [2.05, 4.69) is 15.3 Å². The molecule has 3 aromatic rings. The van der Waals surface area contributed by atoms with Gasteiger partial charge in [0, 0.05) is 43.5 Å². The van der Waals surface area contributed by atoms with Crippen LogP contribution in [0.15, 0.2) is 30.5 Å². The van der Waals surface area contributed by atoms with Crippen LogP contribution in [0.3, 0.4) is 0 Å². The van der Waals surface area contributed by atoms with Gasteiger partial charge in [0.15, 0.2) is 16.8 Å². The van der Waals surface area contributed by atoms with Crippen molar-refractivity contribution in [3.8, 4) is 0 Å². The SMILES string of the molecule is C[C@@H]1CN(C(=O)Nc2nc3cc(F)ccc3s2)CCN1c1ncc([C@@H](O)CO)cc1F. The Morgan fingerprint density at radius 1 is 1.35 bits per heavy atom. The van der Waals surface area contributed by atoms with Crippen LogP contribution in [-0.2, 0) is 0 Å². The Balaban J connectivity index is 1.42.